The first-order valence-corrected chi connectivity index (χ1v) is 9.73. The Morgan fingerprint density at radius 3 is 2.79 bits per heavy atom. The zero-order valence-electron chi connectivity index (χ0n) is 15.9. The van der Waals surface area contributed by atoms with Crippen LogP contribution in [0.4, 0.5) is 5.69 Å². The van der Waals surface area contributed by atoms with Crippen LogP contribution in [-0.4, -0.2) is 44.5 Å². The Bertz CT molecular complexity index is 931. The first-order valence-electron chi connectivity index (χ1n) is 9.73. The number of β-amino-alcohol motifs (C(OH)–C–C–N with tert-alkyl or cyclic N) is 1. The van der Waals surface area contributed by atoms with E-state index in [0.717, 1.165) is 19.4 Å². The van der Waals surface area contributed by atoms with Gasteiger partial charge in [0.25, 0.3) is 0 Å². The molecule has 0 spiro atoms. The third-order valence-corrected chi connectivity index (χ3v) is 5.23. The Morgan fingerprint density at radius 1 is 1.17 bits per heavy atom. The van der Waals surface area contributed by atoms with Gasteiger partial charge in [0.2, 0.25) is 11.7 Å². The minimum atomic E-state index is -1.00. The van der Waals surface area contributed by atoms with Crippen molar-refractivity contribution in [3.05, 3.63) is 71.3 Å². The Balaban J connectivity index is 1.44. The van der Waals surface area contributed by atoms with Crippen LogP contribution in [0.15, 0.2) is 59.1 Å². The number of hydrogen-bond acceptors (Lipinski definition) is 7. The van der Waals surface area contributed by atoms with Crippen molar-refractivity contribution < 1.29 is 20.1 Å². The van der Waals surface area contributed by atoms with E-state index in [0.29, 0.717) is 30.2 Å². The first kappa shape index (κ1) is 19.7. The van der Waals surface area contributed by atoms with Gasteiger partial charge in [-0.1, -0.05) is 47.6 Å². The van der Waals surface area contributed by atoms with Crippen LogP contribution in [0.5, 0.6) is 0 Å². The van der Waals surface area contributed by atoms with E-state index in [1.165, 1.54) is 17.7 Å². The van der Waals surface area contributed by atoms with Crippen LogP contribution in [0, 0.1) is 5.21 Å². The van der Waals surface area contributed by atoms with Gasteiger partial charge in [-0.25, -0.2) is 5.21 Å². The predicted octanol–water partition coefficient (Wildman–Crippen LogP) is 1.88. The topological polar surface area (TPSA) is 110 Å². The third-order valence-electron chi connectivity index (χ3n) is 5.23. The highest BCUT2D eigenvalue weighted by molar-refractivity contribution is 5.58. The number of nitrogens with zero attached hydrogens (tertiary/aromatic N) is 3. The van der Waals surface area contributed by atoms with Crippen molar-refractivity contribution in [2.24, 2.45) is 0 Å². The van der Waals surface area contributed by atoms with Crippen molar-refractivity contribution in [1.29, 1.82) is 0 Å². The van der Waals surface area contributed by atoms with Crippen molar-refractivity contribution in [2.45, 2.75) is 31.4 Å². The van der Waals surface area contributed by atoms with Crippen LogP contribution >= 0.6 is 0 Å². The van der Waals surface area contributed by atoms with Gasteiger partial charge >= 0.3 is 0 Å². The van der Waals surface area contributed by atoms with Gasteiger partial charge < -0.3 is 14.8 Å². The number of aliphatic hydroxyl groups excluding tert-OH is 1. The molecule has 3 aromatic rings. The molecule has 152 valence electrons. The van der Waals surface area contributed by atoms with Crippen molar-refractivity contribution in [3.8, 4) is 11.4 Å². The predicted molar refractivity (Wildman–Crippen MR) is 105 cm³/mol. The summed E-state index contributed by atoms with van der Waals surface area (Å²) in [4.78, 5) is 6.67. The number of rotatable bonds is 7. The second kappa shape index (κ2) is 8.81. The normalized spacial score (nSPS) is 20.8. The molecule has 1 saturated heterocycles. The maximum absolute atomic E-state index is 11.2. The van der Waals surface area contributed by atoms with Gasteiger partial charge in [-0.05, 0) is 31.4 Å². The summed E-state index contributed by atoms with van der Waals surface area (Å²) in [7, 11) is 0. The first-order chi connectivity index (χ1) is 14.1. The number of hydrogen-bond donors (Lipinski definition) is 3. The summed E-state index contributed by atoms with van der Waals surface area (Å²) in [5.74, 6) is 0.811. The van der Waals surface area contributed by atoms with Gasteiger partial charge in [0, 0.05) is 24.2 Å². The third kappa shape index (κ3) is 4.69. The van der Waals surface area contributed by atoms with Gasteiger partial charge in [0.05, 0.1) is 12.1 Å². The van der Waals surface area contributed by atoms with E-state index in [9.17, 15) is 10.3 Å². The highest BCUT2D eigenvalue weighted by Crippen LogP contribution is 2.32. The molecule has 8 heteroatoms. The van der Waals surface area contributed by atoms with E-state index in [2.05, 4.69) is 27.2 Å². The molecule has 2 aromatic carbocycles. The molecule has 8 nitrogen and oxygen atoms in total. The number of quaternary nitrogens is 1. The molecule has 29 heavy (non-hydrogen) atoms. The molecule has 3 N–H and O–H groups in total. The lowest BCUT2D eigenvalue weighted by molar-refractivity contribution is -0.991. The zero-order chi connectivity index (χ0) is 20.2. The maximum Gasteiger partial charge on any atom is 0.244 e. The van der Waals surface area contributed by atoms with E-state index >= 15 is 0 Å². The Hall–Kier alpha value is -2.62. The highest BCUT2D eigenvalue weighted by Gasteiger charge is 2.35. The van der Waals surface area contributed by atoms with Gasteiger partial charge in [0.1, 0.15) is 0 Å². The molecule has 1 unspecified atom stereocenters. The molecule has 1 fully saturated rings. The standard InChI is InChI=1S/C21H24N4O4/c26-18-13-19(24(14-18)11-5-8-15-6-2-1-3-7-15)21-22-20(23-29-21)16-9-4-10-17(12-16)25(27)28/h1-4,6-7,9-10,12,18-19,25-27H,5,8,11,13-14H2/t18-,19+/m1/s1. The zero-order valence-corrected chi connectivity index (χ0v) is 15.9. The average molecular weight is 396 g/mol. The summed E-state index contributed by atoms with van der Waals surface area (Å²) in [5.41, 5.74) is 2.06. The summed E-state index contributed by atoms with van der Waals surface area (Å²) in [6, 6.07) is 16.6. The number of nitrogens with one attached hydrogen (secondary N) is 1. The fourth-order valence-corrected chi connectivity index (χ4v) is 3.79. The summed E-state index contributed by atoms with van der Waals surface area (Å²) in [6.45, 7) is 1.40. The monoisotopic (exact) mass is 396 g/mol. The van der Waals surface area contributed by atoms with Crippen molar-refractivity contribution >= 4 is 5.69 Å². The molecule has 1 aliphatic rings. The number of benzene rings is 2. The minimum Gasteiger partial charge on any atom is -0.595 e. The molecule has 1 aliphatic heterocycles. The van der Waals surface area contributed by atoms with Crippen LogP contribution in [-0.2, 0) is 6.42 Å². The molecule has 4 rings (SSSR count). The van der Waals surface area contributed by atoms with E-state index in [1.54, 1.807) is 12.1 Å². The van der Waals surface area contributed by atoms with Crippen LogP contribution in [0.1, 0.15) is 30.3 Å². The molecule has 0 amide bonds. The lowest BCUT2D eigenvalue weighted by atomic mass is 10.1. The summed E-state index contributed by atoms with van der Waals surface area (Å²) >= 11 is 0. The van der Waals surface area contributed by atoms with Crippen molar-refractivity contribution in [3.63, 3.8) is 0 Å². The van der Waals surface area contributed by atoms with Gasteiger partial charge in [-0.15, -0.1) is 0 Å². The second-order valence-electron chi connectivity index (χ2n) is 7.33. The van der Waals surface area contributed by atoms with Crippen LogP contribution < -0.4 is 5.23 Å². The van der Waals surface area contributed by atoms with E-state index in [-0.39, 0.29) is 11.7 Å². The molecule has 1 aromatic heterocycles. The summed E-state index contributed by atoms with van der Waals surface area (Å²) in [5, 5.41) is 33.5. The van der Waals surface area contributed by atoms with E-state index in [1.807, 2.05) is 18.2 Å². The molecule has 0 radical (unpaired) electrons. The van der Waals surface area contributed by atoms with Gasteiger partial charge in [-0.2, -0.15) is 10.2 Å². The van der Waals surface area contributed by atoms with Crippen LogP contribution in [0.2, 0.25) is 0 Å². The number of likely N-dealkylation sites (tertiary alicyclic amines) is 1. The van der Waals surface area contributed by atoms with E-state index in [4.69, 9.17) is 9.73 Å². The van der Waals surface area contributed by atoms with Crippen LogP contribution in [0.25, 0.3) is 11.4 Å². The smallest absolute Gasteiger partial charge is 0.244 e. The van der Waals surface area contributed by atoms with Crippen LogP contribution in [0.3, 0.4) is 0 Å². The second-order valence-corrected chi connectivity index (χ2v) is 7.33. The quantitative estimate of drug-likeness (QED) is 0.523. The van der Waals surface area contributed by atoms with Gasteiger partial charge in [-0.3, -0.25) is 4.90 Å². The van der Waals surface area contributed by atoms with Crippen molar-refractivity contribution in [1.82, 2.24) is 15.0 Å². The Morgan fingerprint density at radius 2 is 2.00 bits per heavy atom. The Labute approximate surface area is 168 Å². The largest absolute Gasteiger partial charge is 0.595 e. The Kier molecular flexibility index (Phi) is 5.98. The fraction of sp³-hybridized carbons (Fsp3) is 0.333. The molecule has 0 aliphatic carbocycles. The average Bonchev–Trinajstić information content (AvgIpc) is 3.35. The SMILES string of the molecule is [O-][NH+](O)c1cccc(-c2noc([C@@H]3C[C@@H](O)CN3CCCc3ccccc3)n2)c1. The minimum absolute atomic E-state index is 0.135. The lowest BCUT2D eigenvalue weighted by Gasteiger charge is -2.20. The highest BCUT2D eigenvalue weighted by atomic mass is 16.8. The molecule has 0 saturated carbocycles. The van der Waals surface area contributed by atoms with E-state index < -0.39 is 11.3 Å². The van der Waals surface area contributed by atoms with Gasteiger partial charge in [0.15, 0.2) is 5.69 Å². The molecular formula is C21H24N4O4. The fourth-order valence-electron chi connectivity index (χ4n) is 3.79. The maximum atomic E-state index is 11.2. The lowest BCUT2D eigenvalue weighted by Crippen LogP contribution is -2.99. The van der Waals surface area contributed by atoms with Crippen molar-refractivity contribution in [2.75, 3.05) is 13.1 Å². The molecular weight excluding hydrogens is 372 g/mol. The molecule has 0 bridgehead atoms. The summed E-state index contributed by atoms with van der Waals surface area (Å²) in [6.07, 6.45) is 2.05. The summed E-state index contributed by atoms with van der Waals surface area (Å²) < 4.78 is 5.49. The number of aliphatic hydroxyl groups is 1. The molecule has 3 atom stereocenters. The number of aromatic nitrogens is 2. The molecule has 2 heterocycles. The number of aryl methyl sites for hydroxylation is 1.